The Kier molecular flexibility index (Phi) is 4.56. The average Bonchev–Trinajstić information content (AvgIpc) is 2.43. The predicted molar refractivity (Wildman–Crippen MR) is 86.0 cm³/mol. The molecule has 1 N–H and O–H groups in total. The van der Waals surface area contributed by atoms with E-state index in [-0.39, 0.29) is 6.04 Å². The Bertz CT molecular complexity index is 610. The first kappa shape index (κ1) is 14.7. The number of ether oxygens (including phenoxy) is 1. The minimum Gasteiger partial charge on any atom is -0.496 e. The maximum absolute atomic E-state index is 6.24. The van der Waals surface area contributed by atoms with E-state index in [0.717, 1.165) is 33.1 Å². The standard InChI is InChI=1S/C17H20ClNO/c1-11-9-10-16(12(2)17(11)20-4)19-13(3)14-7-5-6-8-15(14)18/h5-10,13,19H,1-4H3. The Morgan fingerprint density at radius 1 is 1.10 bits per heavy atom. The van der Waals surface area contributed by atoms with E-state index in [1.165, 1.54) is 0 Å². The predicted octanol–water partition coefficient (Wildman–Crippen LogP) is 5.14. The van der Waals surface area contributed by atoms with Gasteiger partial charge in [-0.25, -0.2) is 0 Å². The summed E-state index contributed by atoms with van der Waals surface area (Å²) in [5, 5.41) is 4.29. The van der Waals surface area contributed by atoms with Crippen LogP contribution in [0.2, 0.25) is 5.02 Å². The van der Waals surface area contributed by atoms with Crippen LogP contribution >= 0.6 is 11.6 Å². The summed E-state index contributed by atoms with van der Waals surface area (Å²) in [6.07, 6.45) is 0. The summed E-state index contributed by atoms with van der Waals surface area (Å²) in [6.45, 7) is 6.22. The summed E-state index contributed by atoms with van der Waals surface area (Å²) in [6, 6.07) is 12.2. The van der Waals surface area contributed by atoms with Gasteiger partial charge in [0, 0.05) is 16.3 Å². The first-order chi connectivity index (χ1) is 9.54. The lowest BCUT2D eigenvalue weighted by molar-refractivity contribution is 0.409. The van der Waals surface area contributed by atoms with Crippen molar-refractivity contribution in [1.29, 1.82) is 0 Å². The first-order valence-electron chi connectivity index (χ1n) is 6.69. The summed E-state index contributed by atoms with van der Waals surface area (Å²) in [4.78, 5) is 0. The van der Waals surface area contributed by atoms with Gasteiger partial charge in [-0.3, -0.25) is 0 Å². The van der Waals surface area contributed by atoms with Gasteiger partial charge in [-0.05, 0) is 44.0 Å². The molecule has 0 aromatic heterocycles. The molecule has 20 heavy (non-hydrogen) atoms. The van der Waals surface area contributed by atoms with Gasteiger partial charge in [-0.1, -0.05) is 35.9 Å². The van der Waals surface area contributed by atoms with Gasteiger partial charge in [-0.15, -0.1) is 0 Å². The minimum atomic E-state index is 0.134. The summed E-state index contributed by atoms with van der Waals surface area (Å²) in [5.41, 5.74) is 4.42. The van der Waals surface area contributed by atoms with Crippen LogP contribution in [0.15, 0.2) is 36.4 Å². The highest BCUT2D eigenvalue weighted by molar-refractivity contribution is 6.31. The lowest BCUT2D eigenvalue weighted by Crippen LogP contribution is -2.09. The Balaban J connectivity index is 2.29. The summed E-state index contributed by atoms with van der Waals surface area (Å²) >= 11 is 6.24. The van der Waals surface area contributed by atoms with Gasteiger partial charge < -0.3 is 10.1 Å². The SMILES string of the molecule is COc1c(C)ccc(NC(C)c2ccccc2Cl)c1C. The van der Waals surface area contributed by atoms with E-state index in [1.807, 2.05) is 31.2 Å². The quantitative estimate of drug-likeness (QED) is 0.841. The summed E-state index contributed by atoms with van der Waals surface area (Å²) in [7, 11) is 1.70. The van der Waals surface area contributed by atoms with Crippen molar-refractivity contribution in [2.24, 2.45) is 0 Å². The molecule has 2 aromatic carbocycles. The number of nitrogens with one attached hydrogen (secondary N) is 1. The van der Waals surface area contributed by atoms with Crippen molar-refractivity contribution in [2.75, 3.05) is 12.4 Å². The van der Waals surface area contributed by atoms with Crippen LogP contribution in [0.25, 0.3) is 0 Å². The molecule has 0 spiro atoms. The monoisotopic (exact) mass is 289 g/mol. The molecule has 0 amide bonds. The van der Waals surface area contributed by atoms with Crippen LogP contribution < -0.4 is 10.1 Å². The highest BCUT2D eigenvalue weighted by Gasteiger charge is 2.12. The molecule has 2 nitrogen and oxygen atoms in total. The zero-order chi connectivity index (χ0) is 14.7. The fourth-order valence-electron chi connectivity index (χ4n) is 2.43. The zero-order valence-corrected chi connectivity index (χ0v) is 13.1. The van der Waals surface area contributed by atoms with Gasteiger partial charge in [0.15, 0.2) is 0 Å². The lowest BCUT2D eigenvalue weighted by atomic mass is 10.1. The van der Waals surface area contributed by atoms with Crippen molar-refractivity contribution in [1.82, 2.24) is 0 Å². The average molecular weight is 290 g/mol. The maximum Gasteiger partial charge on any atom is 0.126 e. The van der Waals surface area contributed by atoms with Crippen molar-refractivity contribution in [3.05, 3.63) is 58.1 Å². The van der Waals surface area contributed by atoms with Crippen molar-refractivity contribution in [3.8, 4) is 5.75 Å². The highest BCUT2D eigenvalue weighted by atomic mass is 35.5. The van der Waals surface area contributed by atoms with Crippen LogP contribution in [0, 0.1) is 13.8 Å². The third kappa shape index (κ3) is 2.91. The number of hydrogen-bond donors (Lipinski definition) is 1. The second-order valence-corrected chi connectivity index (χ2v) is 5.38. The van der Waals surface area contributed by atoms with E-state index in [0.29, 0.717) is 0 Å². The van der Waals surface area contributed by atoms with Crippen LogP contribution in [0.3, 0.4) is 0 Å². The number of halogens is 1. The molecule has 1 atom stereocenters. The Morgan fingerprint density at radius 3 is 2.45 bits per heavy atom. The molecule has 0 saturated heterocycles. The van der Waals surface area contributed by atoms with Crippen LogP contribution in [0.4, 0.5) is 5.69 Å². The third-order valence-corrected chi connectivity index (χ3v) is 3.89. The second kappa shape index (κ2) is 6.19. The maximum atomic E-state index is 6.24. The van der Waals surface area contributed by atoms with Crippen LogP contribution in [-0.2, 0) is 0 Å². The molecule has 106 valence electrons. The number of hydrogen-bond acceptors (Lipinski definition) is 2. The number of anilines is 1. The molecule has 0 fully saturated rings. The fourth-order valence-corrected chi connectivity index (χ4v) is 2.73. The molecule has 0 saturated carbocycles. The molecule has 0 aliphatic heterocycles. The Hall–Kier alpha value is -1.67. The van der Waals surface area contributed by atoms with Crippen molar-refractivity contribution < 1.29 is 4.74 Å². The van der Waals surface area contributed by atoms with E-state index in [4.69, 9.17) is 16.3 Å². The molecular formula is C17H20ClNO. The van der Waals surface area contributed by atoms with Gasteiger partial charge in [0.25, 0.3) is 0 Å². The molecule has 0 aliphatic carbocycles. The highest BCUT2D eigenvalue weighted by Crippen LogP contribution is 2.32. The largest absolute Gasteiger partial charge is 0.496 e. The molecule has 0 bridgehead atoms. The molecule has 2 aromatic rings. The Labute approximate surface area is 125 Å². The van der Waals surface area contributed by atoms with Crippen molar-refractivity contribution in [2.45, 2.75) is 26.8 Å². The van der Waals surface area contributed by atoms with Gasteiger partial charge in [-0.2, -0.15) is 0 Å². The Morgan fingerprint density at radius 2 is 1.80 bits per heavy atom. The van der Waals surface area contributed by atoms with Crippen molar-refractivity contribution in [3.63, 3.8) is 0 Å². The van der Waals surface area contributed by atoms with E-state index in [9.17, 15) is 0 Å². The number of rotatable bonds is 4. The van der Waals surface area contributed by atoms with E-state index >= 15 is 0 Å². The molecule has 3 heteroatoms. The van der Waals surface area contributed by atoms with Gasteiger partial charge >= 0.3 is 0 Å². The first-order valence-corrected chi connectivity index (χ1v) is 7.07. The summed E-state index contributed by atoms with van der Waals surface area (Å²) in [5.74, 6) is 0.932. The number of benzene rings is 2. The van der Waals surface area contributed by atoms with E-state index in [1.54, 1.807) is 7.11 Å². The minimum absolute atomic E-state index is 0.134. The van der Waals surface area contributed by atoms with Crippen LogP contribution in [-0.4, -0.2) is 7.11 Å². The zero-order valence-electron chi connectivity index (χ0n) is 12.3. The van der Waals surface area contributed by atoms with Gasteiger partial charge in [0.1, 0.15) is 5.75 Å². The van der Waals surface area contributed by atoms with Crippen LogP contribution in [0.1, 0.15) is 29.7 Å². The summed E-state index contributed by atoms with van der Waals surface area (Å²) < 4.78 is 5.46. The number of aryl methyl sites for hydroxylation is 1. The molecule has 1 unspecified atom stereocenters. The third-order valence-electron chi connectivity index (χ3n) is 3.55. The lowest BCUT2D eigenvalue weighted by Gasteiger charge is -2.20. The van der Waals surface area contributed by atoms with Gasteiger partial charge in [0.2, 0.25) is 0 Å². The molecule has 0 aliphatic rings. The molecular weight excluding hydrogens is 270 g/mol. The normalized spacial score (nSPS) is 12.1. The van der Waals surface area contributed by atoms with E-state index < -0.39 is 0 Å². The fraction of sp³-hybridized carbons (Fsp3) is 0.294. The molecule has 0 heterocycles. The van der Waals surface area contributed by atoms with Crippen molar-refractivity contribution >= 4 is 17.3 Å². The molecule has 2 rings (SSSR count). The van der Waals surface area contributed by atoms with E-state index in [2.05, 4.69) is 31.3 Å². The van der Waals surface area contributed by atoms with Crippen LogP contribution in [0.5, 0.6) is 5.75 Å². The van der Waals surface area contributed by atoms with Gasteiger partial charge in [0.05, 0.1) is 13.2 Å². The second-order valence-electron chi connectivity index (χ2n) is 4.98. The topological polar surface area (TPSA) is 21.3 Å². The number of methoxy groups -OCH3 is 1. The smallest absolute Gasteiger partial charge is 0.126 e. The molecule has 0 radical (unpaired) electrons.